The summed E-state index contributed by atoms with van der Waals surface area (Å²) in [7, 11) is -0.431. The number of hydrogen-bond acceptors (Lipinski definition) is 2. The van der Waals surface area contributed by atoms with Crippen molar-refractivity contribution in [2.75, 3.05) is 6.61 Å². The van der Waals surface area contributed by atoms with Gasteiger partial charge in [-0.2, -0.15) is 13.2 Å². The van der Waals surface area contributed by atoms with Crippen LogP contribution < -0.4 is 4.74 Å². The van der Waals surface area contributed by atoms with Crippen molar-refractivity contribution in [3.8, 4) is 5.75 Å². The molecule has 0 aliphatic heterocycles. The SMILES string of the molecule is CC(O)(COc1cccc([S+](c2ccccc2)c2ccccc2)c1)C(F)(F)F. The van der Waals surface area contributed by atoms with Gasteiger partial charge in [0, 0.05) is 6.07 Å². The maximum atomic E-state index is 12.9. The molecule has 0 heterocycles. The zero-order chi connectivity index (χ0) is 20.2. The molecule has 1 N–H and O–H groups in total. The summed E-state index contributed by atoms with van der Waals surface area (Å²) < 4.78 is 43.9. The van der Waals surface area contributed by atoms with E-state index in [4.69, 9.17) is 4.74 Å². The predicted molar refractivity (Wildman–Crippen MR) is 104 cm³/mol. The molecule has 1 unspecified atom stereocenters. The fourth-order valence-electron chi connectivity index (χ4n) is 2.52. The van der Waals surface area contributed by atoms with Crippen LogP contribution in [0.5, 0.6) is 5.75 Å². The lowest BCUT2D eigenvalue weighted by atomic mass is 10.1. The van der Waals surface area contributed by atoms with Crippen LogP contribution in [0.4, 0.5) is 13.2 Å². The van der Waals surface area contributed by atoms with Crippen molar-refractivity contribution in [3.05, 3.63) is 84.9 Å². The highest BCUT2D eigenvalue weighted by Crippen LogP contribution is 2.34. The summed E-state index contributed by atoms with van der Waals surface area (Å²) in [5, 5.41) is 9.60. The van der Waals surface area contributed by atoms with Crippen LogP contribution in [0.1, 0.15) is 6.92 Å². The minimum atomic E-state index is -4.76. The smallest absolute Gasteiger partial charge is 0.420 e. The third-order valence-electron chi connectivity index (χ3n) is 4.13. The molecule has 3 rings (SSSR count). The summed E-state index contributed by atoms with van der Waals surface area (Å²) in [6.45, 7) is -0.167. The van der Waals surface area contributed by atoms with Crippen LogP contribution in [0, 0.1) is 0 Å². The number of benzene rings is 3. The molecule has 3 aromatic carbocycles. The fourth-order valence-corrected chi connectivity index (χ4v) is 4.64. The van der Waals surface area contributed by atoms with Gasteiger partial charge in [0.2, 0.25) is 0 Å². The zero-order valence-electron chi connectivity index (χ0n) is 15.2. The van der Waals surface area contributed by atoms with Crippen LogP contribution in [0.2, 0.25) is 0 Å². The third kappa shape index (κ3) is 4.69. The minimum Gasteiger partial charge on any atom is -0.490 e. The van der Waals surface area contributed by atoms with Gasteiger partial charge in [0.15, 0.2) is 20.3 Å². The van der Waals surface area contributed by atoms with E-state index in [1.165, 1.54) is 0 Å². The number of hydrogen-bond donors (Lipinski definition) is 1. The van der Waals surface area contributed by atoms with E-state index < -0.39 is 29.3 Å². The van der Waals surface area contributed by atoms with Gasteiger partial charge in [-0.3, -0.25) is 0 Å². The van der Waals surface area contributed by atoms with Crippen LogP contribution in [-0.4, -0.2) is 23.5 Å². The van der Waals surface area contributed by atoms with Crippen LogP contribution >= 0.6 is 0 Å². The minimum absolute atomic E-state index is 0.284. The van der Waals surface area contributed by atoms with E-state index in [2.05, 4.69) is 0 Å². The molecule has 0 bridgehead atoms. The number of rotatable bonds is 6. The Morgan fingerprint density at radius 1 is 0.786 bits per heavy atom. The highest BCUT2D eigenvalue weighted by atomic mass is 32.2. The van der Waals surface area contributed by atoms with E-state index in [1.807, 2.05) is 66.7 Å². The van der Waals surface area contributed by atoms with E-state index in [0.717, 1.165) is 14.7 Å². The largest absolute Gasteiger partial charge is 0.490 e. The number of aliphatic hydroxyl groups is 1. The summed E-state index contributed by atoms with van der Waals surface area (Å²) in [6, 6.07) is 26.8. The molecule has 0 aliphatic carbocycles. The molecule has 6 heteroatoms. The third-order valence-corrected chi connectivity index (χ3v) is 6.34. The van der Waals surface area contributed by atoms with E-state index in [-0.39, 0.29) is 5.75 Å². The van der Waals surface area contributed by atoms with E-state index in [1.54, 1.807) is 18.2 Å². The second-order valence-corrected chi connectivity index (χ2v) is 8.49. The maximum absolute atomic E-state index is 12.9. The second kappa shape index (κ2) is 8.29. The molecular weight excluding hydrogens is 385 g/mol. The number of ether oxygens (including phenoxy) is 1. The van der Waals surface area contributed by atoms with Gasteiger partial charge in [-0.05, 0) is 43.3 Å². The summed E-state index contributed by atoms with van der Waals surface area (Å²) in [6.07, 6.45) is -4.76. The van der Waals surface area contributed by atoms with Gasteiger partial charge >= 0.3 is 6.18 Å². The molecule has 2 nitrogen and oxygen atoms in total. The first kappa shape index (κ1) is 20.3. The second-order valence-electron chi connectivity index (χ2n) is 6.47. The number of halogens is 3. The van der Waals surface area contributed by atoms with Crippen molar-refractivity contribution >= 4 is 10.9 Å². The average molecular weight is 405 g/mol. The van der Waals surface area contributed by atoms with Crippen molar-refractivity contribution in [2.45, 2.75) is 33.4 Å². The molecule has 28 heavy (non-hydrogen) atoms. The van der Waals surface area contributed by atoms with Crippen molar-refractivity contribution in [1.82, 2.24) is 0 Å². The predicted octanol–water partition coefficient (Wildman–Crippen LogP) is 5.47. The molecule has 0 radical (unpaired) electrons. The quantitative estimate of drug-likeness (QED) is 0.551. The molecule has 1 atom stereocenters. The molecule has 0 saturated heterocycles. The van der Waals surface area contributed by atoms with Gasteiger partial charge < -0.3 is 9.84 Å². The summed E-state index contributed by atoms with van der Waals surface area (Å²) in [5.41, 5.74) is -2.91. The lowest BCUT2D eigenvalue weighted by Crippen LogP contribution is -2.47. The maximum Gasteiger partial charge on any atom is 0.420 e. The van der Waals surface area contributed by atoms with Gasteiger partial charge in [-0.1, -0.05) is 42.5 Å². The Labute approximate surface area is 165 Å². The lowest BCUT2D eigenvalue weighted by molar-refractivity contribution is -0.260. The molecule has 0 saturated carbocycles. The Hall–Kier alpha value is -2.44. The van der Waals surface area contributed by atoms with Crippen LogP contribution in [0.15, 0.2) is 99.6 Å². The molecule has 0 fully saturated rings. The zero-order valence-corrected chi connectivity index (χ0v) is 16.0. The normalized spacial score (nSPS) is 13.9. The Bertz CT molecular complexity index is 857. The van der Waals surface area contributed by atoms with Crippen LogP contribution in [0.25, 0.3) is 0 Å². The fraction of sp³-hybridized carbons (Fsp3) is 0.182. The monoisotopic (exact) mass is 405 g/mol. The highest BCUT2D eigenvalue weighted by Gasteiger charge is 2.50. The molecule has 0 spiro atoms. The van der Waals surface area contributed by atoms with Gasteiger partial charge in [0.1, 0.15) is 12.4 Å². The van der Waals surface area contributed by atoms with Gasteiger partial charge in [0.05, 0.1) is 10.9 Å². The highest BCUT2D eigenvalue weighted by molar-refractivity contribution is 7.97. The van der Waals surface area contributed by atoms with E-state index in [0.29, 0.717) is 6.92 Å². The van der Waals surface area contributed by atoms with E-state index >= 15 is 0 Å². The first-order valence-electron chi connectivity index (χ1n) is 8.64. The van der Waals surface area contributed by atoms with Gasteiger partial charge in [-0.25, -0.2) is 0 Å². The van der Waals surface area contributed by atoms with Crippen molar-refractivity contribution in [1.29, 1.82) is 0 Å². The Balaban J connectivity index is 1.92. The van der Waals surface area contributed by atoms with Crippen LogP contribution in [-0.2, 0) is 10.9 Å². The Kier molecular flexibility index (Phi) is 6.01. The first-order valence-corrected chi connectivity index (χ1v) is 9.87. The lowest BCUT2D eigenvalue weighted by Gasteiger charge is -2.26. The van der Waals surface area contributed by atoms with Crippen LogP contribution in [0.3, 0.4) is 0 Å². The topological polar surface area (TPSA) is 29.5 Å². The first-order chi connectivity index (χ1) is 13.3. The van der Waals surface area contributed by atoms with Gasteiger partial charge in [0.25, 0.3) is 0 Å². The standard InChI is InChI=1S/C22H20F3O2S/c1-21(26,22(23,24)25)16-27-17-9-8-14-20(15-17)28(18-10-4-2-5-11-18)19-12-6-3-7-13-19/h2-15,26H,16H2,1H3/q+1. The average Bonchev–Trinajstić information content (AvgIpc) is 2.68. The molecule has 146 valence electrons. The van der Waals surface area contributed by atoms with E-state index in [9.17, 15) is 18.3 Å². The summed E-state index contributed by atoms with van der Waals surface area (Å²) in [4.78, 5) is 3.10. The Morgan fingerprint density at radius 2 is 1.29 bits per heavy atom. The molecule has 3 aromatic rings. The molecule has 0 amide bonds. The molecule has 0 aliphatic rings. The van der Waals surface area contributed by atoms with Crippen molar-refractivity contribution in [2.24, 2.45) is 0 Å². The molecule has 0 aromatic heterocycles. The summed E-state index contributed by atoms with van der Waals surface area (Å²) >= 11 is 0. The van der Waals surface area contributed by atoms with Gasteiger partial charge in [-0.15, -0.1) is 0 Å². The van der Waals surface area contributed by atoms with Crippen molar-refractivity contribution < 1.29 is 23.0 Å². The van der Waals surface area contributed by atoms with Crippen molar-refractivity contribution in [3.63, 3.8) is 0 Å². The number of alkyl halides is 3. The molecular formula is C22H20F3O2S+. The summed E-state index contributed by atoms with van der Waals surface area (Å²) in [5.74, 6) is 0.284. The Morgan fingerprint density at radius 3 is 1.79 bits per heavy atom.